The van der Waals surface area contributed by atoms with Crippen molar-refractivity contribution in [1.82, 2.24) is 4.72 Å². The third-order valence-electron chi connectivity index (χ3n) is 6.21. The van der Waals surface area contributed by atoms with E-state index in [1.165, 1.54) is 11.3 Å². The maximum atomic E-state index is 12.8. The molecular formula is C26H37NO5S2. The van der Waals surface area contributed by atoms with Gasteiger partial charge >= 0.3 is 5.97 Å². The van der Waals surface area contributed by atoms with Gasteiger partial charge in [0.15, 0.2) is 5.78 Å². The molecular weight excluding hydrogens is 470 g/mol. The first-order valence-corrected chi connectivity index (χ1v) is 13.6. The number of carboxylic acid groups (broad SMARTS) is 1. The predicted molar refractivity (Wildman–Crippen MR) is 138 cm³/mol. The minimum atomic E-state index is -1.46. The quantitative estimate of drug-likeness (QED) is 0.393. The number of hydrogen-bond acceptors (Lipinski definition) is 5. The van der Waals surface area contributed by atoms with E-state index in [1.807, 2.05) is 40.7 Å². The number of ether oxygens (including phenoxy) is 1. The van der Waals surface area contributed by atoms with E-state index < -0.39 is 22.4 Å². The number of carbonyl (C=O) groups excluding carboxylic acids is 1. The zero-order chi connectivity index (χ0) is 25.7. The van der Waals surface area contributed by atoms with Crippen LogP contribution in [0.2, 0.25) is 0 Å². The van der Waals surface area contributed by atoms with Crippen LogP contribution in [-0.2, 0) is 26.0 Å². The van der Waals surface area contributed by atoms with Gasteiger partial charge < -0.3 is 9.84 Å². The number of carbonyl (C=O) groups is 2. The Morgan fingerprint density at radius 2 is 1.74 bits per heavy atom. The first-order valence-electron chi connectivity index (χ1n) is 11.6. The average molecular weight is 508 g/mol. The molecule has 0 aliphatic carbocycles. The molecule has 1 aromatic carbocycles. The standard InChI is InChI=1S/C26H37NO5S2/c1-8-26(9-2,22-15-18(4)24(33-22)34(31)27-13-12-23(29)30)19-10-11-20(17(3)14-19)32-16-21(28)25(5,6)7/h10-11,14-15,27H,8-9,12-13,16H2,1-7H3,(H,29,30). The van der Waals surface area contributed by atoms with E-state index in [0.717, 1.165) is 38.6 Å². The van der Waals surface area contributed by atoms with Gasteiger partial charge in [0.1, 0.15) is 27.6 Å². The lowest BCUT2D eigenvalue weighted by Crippen LogP contribution is -2.27. The molecule has 1 heterocycles. The molecule has 34 heavy (non-hydrogen) atoms. The van der Waals surface area contributed by atoms with E-state index in [2.05, 4.69) is 36.8 Å². The fraction of sp³-hybridized carbons (Fsp3) is 0.538. The highest BCUT2D eigenvalue weighted by Crippen LogP contribution is 2.44. The van der Waals surface area contributed by atoms with E-state index in [-0.39, 0.29) is 30.8 Å². The Bertz CT molecular complexity index is 1050. The molecule has 0 saturated heterocycles. The number of Topliss-reactive ketones (excluding diaryl/α,β-unsaturated/α-hetero) is 1. The molecule has 0 bridgehead atoms. The second kappa shape index (κ2) is 11.6. The summed E-state index contributed by atoms with van der Waals surface area (Å²) >= 11 is 1.52. The number of ketones is 1. The van der Waals surface area contributed by atoms with Gasteiger partial charge in [-0.1, -0.05) is 46.8 Å². The van der Waals surface area contributed by atoms with Crippen LogP contribution >= 0.6 is 11.3 Å². The lowest BCUT2D eigenvalue weighted by molar-refractivity contribution is -0.136. The van der Waals surface area contributed by atoms with Gasteiger partial charge in [0, 0.05) is 22.3 Å². The first-order chi connectivity index (χ1) is 15.9. The maximum absolute atomic E-state index is 12.8. The van der Waals surface area contributed by atoms with Crippen molar-refractivity contribution >= 4 is 34.1 Å². The fourth-order valence-electron chi connectivity index (χ4n) is 3.82. The van der Waals surface area contributed by atoms with Crippen molar-refractivity contribution in [3.05, 3.63) is 45.8 Å². The minimum Gasteiger partial charge on any atom is -0.486 e. The van der Waals surface area contributed by atoms with Crippen LogP contribution in [0, 0.1) is 19.3 Å². The largest absolute Gasteiger partial charge is 0.486 e. The van der Waals surface area contributed by atoms with Crippen LogP contribution < -0.4 is 9.46 Å². The zero-order valence-corrected chi connectivity index (χ0v) is 22.9. The van der Waals surface area contributed by atoms with Crippen LogP contribution in [0.25, 0.3) is 0 Å². The molecule has 2 aromatic rings. The average Bonchev–Trinajstić information content (AvgIpc) is 3.15. The topological polar surface area (TPSA) is 92.7 Å². The Labute approximate surface area is 209 Å². The van der Waals surface area contributed by atoms with E-state index in [4.69, 9.17) is 9.84 Å². The van der Waals surface area contributed by atoms with Gasteiger partial charge in [-0.15, -0.1) is 11.3 Å². The number of rotatable bonds is 12. The Morgan fingerprint density at radius 1 is 1.09 bits per heavy atom. The van der Waals surface area contributed by atoms with E-state index in [0.29, 0.717) is 5.75 Å². The second-order valence-electron chi connectivity index (χ2n) is 9.62. The number of carboxylic acids is 1. The van der Waals surface area contributed by atoms with Crippen molar-refractivity contribution in [2.75, 3.05) is 13.2 Å². The van der Waals surface area contributed by atoms with Gasteiger partial charge in [0.25, 0.3) is 0 Å². The Balaban J connectivity index is 2.33. The van der Waals surface area contributed by atoms with E-state index in [1.54, 1.807) is 0 Å². The number of hydrogen-bond donors (Lipinski definition) is 2. The highest BCUT2D eigenvalue weighted by molar-refractivity contribution is 7.85. The van der Waals surface area contributed by atoms with Crippen molar-refractivity contribution in [2.24, 2.45) is 5.41 Å². The molecule has 0 aliphatic rings. The molecule has 0 aliphatic heterocycles. The summed E-state index contributed by atoms with van der Waals surface area (Å²) in [6.07, 6.45) is 1.65. The molecule has 1 aromatic heterocycles. The lowest BCUT2D eigenvalue weighted by atomic mass is 9.74. The molecule has 0 spiro atoms. The number of aliphatic carboxylic acids is 1. The van der Waals surface area contributed by atoms with Crippen LogP contribution in [0.5, 0.6) is 5.75 Å². The Morgan fingerprint density at radius 3 is 2.26 bits per heavy atom. The van der Waals surface area contributed by atoms with Crippen LogP contribution in [0.15, 0.2) is 28.5 Å². The summed E-state index contributed by atoms with van der Waals surface area (Å²) in [6.45, 7) is 14.1. The first kappa shape index (κ1) is 28.2. The molecule has 1 unspecified atom stereocenters. The normalized spacial score (nSPS) is 13.0. The number of nitrogens with one attached hydrogen (secondary N) is 1. The van der Waals surface area contributed by atoms with E-state index in [9.17, 15) is 13.8 Å². The number of benzene rings is 1. The summed E-state index contributed by atoms with van der Waals surface area (Å²) in [5.41, 5.74) is 2.37. The van der Waals surface area contributed by atoms with Crippen LogP contribution in [-0.4, -0.2) is 34.2 Å². The summed E-state index contributed by atoms with van der Waals surface area (Å²) in [5, 5.41) is 8.83. The molecule has 1 atom stereocenters. The Kier molecular flexibility index (Phi) is 9.62. The molecule has 6 nitrogen and oxygen atoms in total. The number of aryl methyl sites for hydroxylation is 2. The molecule has 0 saturated carbocycles. The van der Waals surface area contributed by atoms with E-state index >= 15 is 0 Å². The Hall–Kier alpha value is -2.03. The summed E-state index contributed by atoms with van der Waals surface area (Å²) < 4.78 is 22.2. The minimum absolute atomic E-state index is 0.0462. The predicted octanol–water partition coefficient (Wildman–Crippen LogP) is 5.55. The molecule has 8 heteroatoms. The summed E-state index contributed by atoms with van der Waals surface area (Å²) in [7, 11) is -1.46. The molecule has 0 amide bonds. The number of thiophene rings is 1. The highest BCUT2D eigenvalue weighted by Gasteiger charge is 2.34. The monoisotopic (exact) mass is 507 g/mol. The zero-order valence-electron chi connectivity index (χ0n) is 21.2. The smallest absolute Gasteiger partial charge is 0.304 e. The second-order valence-corrected chi connectivity index (χ2v) is 12.2. The van der Waals surface area contributed by atoms with Gasteiger partial charge in [-0.2, -0.15) is 0 Å². The van der Waals surface area contributed by atoms with Crippen molar-refractivity contribution in [3.63, 3.8) is 0 Å². The summed E-state index contributed by atoms with van der Waals surface area (Å²) in [6, 6.07) is 8.23. The molecule has 0 radical (unpaired) electrons. The third kappa shape index (κ3) is 6.55. The summed E-state index contributed by atoms with van der Waals surface area (Å²) in [4.78, 5) is 24.2. The molecule has 2 rings (SSSR count). The van der Waals surface area contributed by atoms with Crippen molar-refractivity contribution in [3.8, 4) is 5.75 Å². The van der Waals surface area contributed by atoms with Crippen molar-refractivity contribution < 1.29 is 23.6 Å². The fourth-order valence-corrected chi connectivity index (χ4v) is 6.60. The third-order valence-corrected chi connectivity index (χ3v) is 9.28. The SMILES string of the molecule is CCC(CC)(c1ccc(OCC(=O)C(C)(C)C)c(C)c1)c1cc(C)c(S(=O)NCCC(=O)O)s1. The maximum Gasteiger partial charge on any atom is 0.304 e. The molecule has 188 valence electrons. The van der Waals surface area contributed by atoms with Gasteiger partial charge in [0.05, 0.1) is 6.42 Å². The van der Waals surface area contributed by atoms with Gasteiger partial charge in [0.2, 0.25) is 0 Å². The van der Waals surface area contributed by atoms with Gasteiger partial charge in [-0.3, -0.25) is 9.59 Å². The van der Waals surface area contributed by atoms with Crippen LogP contribution in [0.3, 0.4) is 0 Å². The summed E-state index contributed by atoms with van der Waals surface area (Å²) in [5.74, 6) is -0.164. The van der Waals surface area contributed by atoms with Crippen LogP contribution in [0.1, 0.15) is 75.4 Å². The van der Waals surface area contributed by atoms with Gasteiger partial charge in [-0.25, -0.2) is 8.93 Å². The van der Waals surface area contributed by atoms with Crippen molar-refractivity contribution in [1.29, 1.82) is 0 Å². The molecule has 0 fully saturated rings. The molecule has 2 N–H and O–H groups in total. The van der Waals surface area contributed by atoms with Crippen molar-refractivity contribution in [2.45, 2.75) is 77.4 Å². The lowest BCUT2D eigenvalue weighted by Gasteiger charge is -2.32. The van der Waals surface area contributed by atoms with Gasteiger partial charge in [-0.05, 0) is 55.5 Å². The van der Waals surface area contributed by atoms with Crippen LogP contribution in [0.4, 0.5) is 0 Å². The highest BCUT2D eigenvalue weighted by atomic mass is 32.2.